The van der Waals surface area contributed by atoms with E-state index in [1.165, 1.54) is 29.2 Å². The van der Waals surface area contributed by atoms with Crippen molar-refractivity contribution in [2.75, 3.05) is 11.4 Å². The number of rotatable bonds is 5. The Labute approximate surface area is 197 Å². The van der Waals surface area contributed by atoms with Gasteiger partial charge in [0.2, 0.25) is 11.8 Å². The first-order valence-corrected chi connectivity index (χ1v) is 11.9. The topological polar surface area (TPSA) is 58.4 Å². The quantitative estimate of drug-likeness (QED) is 0.469. The maximum Gasteiger partial charge on any atom is 0.247 e. The molecule has 1 aliphatic heterocycles. The number of likely N-dealkylation sites (tertiary alicyclic amines) is 1. The zero-order chi connectivity index (χ0) is 23.4. The van der Waals surface area contributed by atoms with E-state index in [0.717, 1.165) is 31.4 Å². The molecule has 0 aliphatic carbocycles. The predicted octanol–water partition coefficient (Wildman–Crippen LogP) is 5.46. The summed E-state index contributed by atoms with van der Waals surface area (Å²) in [6, 6.07) is 10.2. The molecule has 1 fully saturated rings. The van der Waals surface area contributed by atoms with Crippen molar-refractivity contribution in [3.05, 3.63) is 71.3 Å². The van der Waals surface area contributed by atoms with E-state index in [0.29, 0.717) is 17.4 Å². The van der Waals surface area contributed by atoms with E-state index >= 15 is 0 Å². The molecule has 1 aliphatic rings. The van der Waals surface area contributed by atoms with Crippen LogP contribution in [-0.2, 0) is 16.6 Å². The molecule has 1 atom stereocenters. The average molecular weight is 467 g/mol. The van der Waals surface area contributed by atoms with Crippen molar-refractivity contribution in [1.29, 1.82) is 0 Å². The minimum Gasteiger partial charge on any atom is -0.353 e. The van der Waals surface area contributed by atoms with Crippen LogP contribution >= 0.6 is 11.3 Å². The van der Waals surface area contributed by atoms with Crippen molar-refractivity contribution < 1.29 is 14.0 Å². The number of anilines is 2. The largest absolute Gasteiger partial charge is 0.353 e. The number of carbonyl (C=O) groups is 2. The molecule has 6 nitrogen and oxygen atoms in total. The number of halogens is 1. The Morgan fingerprint density at radius 3 is 2.73 bits per heavy atom. The first-order valence-electron chi connectivity index (χ1n) is 11.1. The summed E-state index contributed by atoms with van der Waals surface area (Å²) >= 11 is 1.23. The zero-order valence-corrected chi connectivity index (χ0v) is 19.6. The highest BCUT2D eigenvalue weighted by Crippen LogP contribution is 2.32. The first-order chi connectivity index (χ1) is 16.0. The van der Waals surface area contributed by atoms with Crippen molar-refractivity contribution in [2.24, 2.45) is 7.05 Å². The van der Waals surface area contributed by atoms with Gasteiger partial charge in [-0.2, -0.15) is 0 Å². The summed E-state index contributed by atoms with van der Waals surface area (Å²) in [5.41, 5.74) is 1.84. The number of amides is 2. The Morgan fingerprint density at radius 2 is 2.00 bits per heavy atom. The third-order valence-corrected chi connectivity index (χ3v) is 6.71. The smallest absolute Gasteiger partial charge is 0.247 e. The number of hydrogen-bond donors (Lipinski definition) is 0. The van der Waals surface area contributed by atoms with Gasteiger partial charge in [-0.1, -0.05) is 25.0 Å². The Kier molecular flexibility index (Phi) is 7.03. The maximum absolute atomic E-state index is 14.3. The van der Waals surface area contributed by atoms with Gasteiger partial charge in [-0.3, -0.25) is 14.5 Å². The van der Waals surface area contributed by atoms with Crippen LogP contribution in [0.4, 0.5) is 15.2 Å². The molecule has 0 spiro atoms. The van der Waals surface area contributed by atoms with E-state index in [2.05, 4.69) is 15.6 Å². The maximum atomic E-state index is 14.3. The molecular weight excluding hydrogens is 439 g/mol. The van der Waals surface area contributed by atoms with Gasteiger partial charge >= 0.3 is 0 Å². The predicted molar refractivity (Wildman–Crippen MR) is 129 cm³/mol. The monoisotopic (exact) mass is 466 g/mol. The van der Waals surface area contributed by atoms with Crippen molar-refractivity contribution in [2.45, 2.75) is 38.6 Å². The van der Waals surface area contributed by atoms with Crippen LogP contribution in [0.3, 0.4) is 0 Å². The number of nitrogens with zero attached hydrogens (tertiary/aromatic N) is 4. The highest BCUT2D eigenvalue weighted by atomic mass is 32.1. The van der Waals surface area contributed by atoms with Crippen LogP contribution in [0.15, 0.2) is 54.1 Å². The fraction of sp³-hybridized carbons (Fsp3) is 0.320. The lowest BCUT2D eigenvalue weighted by molar-refractivity contribution is -0.128. The standard InChI is InChI=1S/C25H27FN4O2S/c1-18(31)30(21-10-6-5-9-20(21)26)25-27-19(17-33-25)13-14-24(32)29-16-7-3-4-11-23(29)22-12-8-15-28(22)2/h5-6,8-10,12-15,17,23H,3-4,7,11,16H2,1-2H3/b14-13+. The van der Waals surface area contributed by atoms with Crippen LogP contribution in [0.5, 0.6) is 0 Å². The Hall–Kier alpha value is -3.26. The molecule has 4 rings (SSSR count). The zero-order valence-electron chi connectivity index (χ0n) is 18.8. The fourth-order valence-electron chi connectivity index (χ4n) is 4.25. The number of aryl methyl sites for hydroxylation is 1. The van der Waals surface area contributed by atoms with Gasteiger partial charge < -0.3 is 9.47 Å². The lowest BCUT2D eigenvalue weighted by Gasteiger charge is -2.29. The summed E-state index contributed by atoms with van der Waals surface area (Å²) < 4.78 is 16.4. The molecular formula is C25H27FN4O2S. The number of benzene rings is 1. The molecule has 0 saturated carbocycles. The normalized spacial score (nSPS) is 16.7. The van der Waals surface area contributed by atoms with E-state index in [9.17, 15) is 14.0 Å². The van der Waals surface area contributed by atoms with Gasteiger partial charge in [-0.05, 0) is 43.2 Å². The minimum absolute atomic E-state index is 0.0462. The molecule has 33 heavy (non-hydrogen) atoms. The summed E-state index contributed by atoms with van der Waals surface area (Å²) in [7, 11) is 2.01. The third-order valence-electron chi connectivity index (χ3n) is 5.87. The van der Waals surface area contributed by atoms with Gasteiger partial charge in [0.05, 0.1) is 17.4 Å². The van der Waals surface area contributed by atoms with Crippen molar-refractivity contribution in [3.63, 3.8) is 0 Å². The summed E-state index contributed by atoms with van der Waals surface area (Å²) in [4.78, 5) is 33.0. The van der Waals surface area contributed by atoms with Crippen LogP contribution in [-0.4, -0.2) is 32.8 Å². The number of hydrogen-bond acceptors (Lipinski definition) is 4. The molecule has 0 bridgehead atoms. The molecule has 3 heterocycles. The highest BCUT2D eigenvalue weighted by Gasteiger charge is 2.27. The van der Waals surface area contributed by atoms with E-state index in [4.69, 9.17) is 0 Å². The van der Waals surface area contributed by atoms with E-state index in [1.807, 2.05) is 24.2 Å². The Morgan fingerprint density at radius 1 is 1.18 bits per heavy atom. The first kappa shape index (κ1) is 22.9. The molecule has 172 valence electrons. The van der Waals surface area contributed by atoms with Crippen LogP contribution in [0, 0.1) is 5.82 Å². The minimum atomic E-state index is -0.497. The van der Waals surface area contributed by atoms with Crippen molar-refractivity contribution >= 4 is 40.0 Å². The van der Waals surface area contributed by atoms with Gasteiger partial charge in [-0.25, -0.2) is 9.37 Å². The molecule has 3 aromatic rings. The summed E-state index contributed by atoms with van der Waals surface area (Å²) in [5, 5.41) is 2.11. The molecule has 1 saturated heterocycles. The number of aromatic nitrogens is 2. The second kappa shape index (κ2) is 10.1. The van der Waals surface area contributed by atoms with Crippen LogP contribution < -0.4 is 4.90 Å². The lowest BCUT2D eigenvalue weighted by Crippen LogP contribution is -2.34. The molecule has 0 N–H and O–H groups in total. The number of thiazole rings is 1. The van der Waals surface area contributed by atoms with Gasteiger partial charge in [0.1, 0.15) is 5.82 Å². The van der Waals surface area contributed by atoms with Crippen molar-refractivity contribution in [3.8, 4) is 0 Å². The van der Waals surface area contributed by atoms with Crippen LogP contribution in [0.1, 0.15) is 50.0 Å². The molecule has 1 aromatic carbocycles. The van der Waals surface area contributed by atoms with Gasteiger partial charge in [0.25, 0.3) is 0 Å². The Bertz CT molecular complexity index is 1170. The third kappa shape index (κ3) is 5.06. The molecule has 1 unspecified atom stereocenters. The van der Waals surface area contributed by atoms with E-state index in [1.54, 1.807) is 35.7 Å². The van der Waals surface area contributed by atoms with Gasteiger partial charge in [0, 0.05) is 43.9 Å². The van der Waals surface area contributed by atoms with Gasteiger partial charge in [-0.15, -0.1) is 11.3 Å². The summed E-state index contributed by atoms with van der Waals surface area (Å²) in [5.74, 6) is -0.894. The van der Waals surface area contributed by atoms with Crippen LogP contribution in [0.2, 0.25) is 0 Å². The fourth-order valence-corrected chi connectivity index (χ4v) is 5.10. The summed E-state index contributed by atoms with van der Waals surface area (Å²) in [6.45, 7) is 2.09. The molecule has 2 amide bonds. The second-order valence-electron chi connectivity index (χ2n) is 8.13. The van der Waals surface area contributed by atoms with Crippen LogP contribution in [0.25, 0.3) is 6.08 Å². The second-order valence-corrected chi connectivity index (χ2v) is 8.97. The van der Waals surface area contributed by atoms with Crippen molar-refractivity contribution in [1.82, 2.24) is 14.5 Å². The molecule has 2 aromatic heterocycles. The number of para-hydroxylation sites is 1. The number of carbonyl (C=O) groups excluding carboxylic acids is 2. The molecule has 0 radical (unpaired) electrons. The van der Waals surface area contributed by atoms with E-state index in [-0.39, 0.29) is 23.5 Å². The Balaban J connectivity index is 1.54. The highest BCUT2D eigenvalue weighted by molar-refractivity contribution is 7.14. The van der Waals surface area contributed by atoms with Gasteiger partial charge in [0.15, 0.2) is 5.13 Å². The average Bonchev–Trinajstić information content (AvgIpc) is 3.35. The SMILES string of the molecule is CC(=O)N(c1nc(/C=C/C(=O)N2CCCCCC2c2cccn2C)cs1)c1ccccc1F. The van der Waals surface area contributed by atoms with E-state index < -0.39 is 5.82 Å². The summed E-state index contributed by atoms with van der Waals surface area (Å²) in [6.07, 6.45) is 9.34. The molecule has 8 heteroatoms. The lowest BCUT2D eigenvalue weighted by atomic mass is 10.1.